The Bertz CT molecular complexity index is 833. The van der Waals surface area contributed by atoms with Gasteiger partial charge in [0.05, 0.1) is 0 Å². The fourth-order valence-corrected chi connectivity index (χ4v) is 4.42. The van der Waals surface area contributed by atoms with Crippen LogP contribution in [0.2, 0.25) is 0 Å². The molecule has 0 aliphatic carbocycles. The highest BCUT2D eigenvalue weighted by atomic mass is 127. The molecule has 2 atom stereocenters. The van der Waals surface area contributed by atoms with Crippen LogP contribution in [0.5, 0.6) is 0 Å². The van der Waals surface area contributed by atoms with Crippen LogP contribution in [0.15, 0.2) is 47.3 Å². The minimum absolute atomic E-state index is 0.121. The zero-order valence-corrected chi connectivity index (χ0v) is 16.1. The highest BCUT2D eigenvalue weighted by Crippen LogP contribution is 2.35. The number of fused-ring (bicyclic) bond motifs is 4. The zero-order valence-electron chi connectivity index (χ0n) is 13.1. The second-order valence-electron chi connectivity index (χ2n) is 6.54. The third-order valence-corrected chi connectivity index (χ3v) is 5.94. The summed E-state index contributed by atoms with van der Waals surface area (Å²) < 4.78 is 3.16. The molecule has 0 unspecified atom stereocenters. The number of halogens is 1. The number of hydrogen-bond acceptors (Lipinski definition) is 2. The van der Waals surface area contributed by atoms with Gasteiger partial charge in [0.2, 0.25) is 0 Å². The Morgan fingerprint density at radius 2 is 1.92 bits per heavy atom. The number of thiocarbonyl (C=S) groups is 1. The maximum absolute atomic E-state index is 12.1. The van der Waals surface area contributed by atoms with E-state index in [9.17, 15) is 4.79 Å². The molecule has 24 heavy (non-hydrogen) atoms. The smallest absolute Gasteiger partial charge is 0.250 e. The molecule has 4 rings (SSSR count). The third kappa shape index (κ3) is 3.09. The van der Waals surface area contributed by atoms with Crippen molar-refractivity contribution in [2.75, 3.05) is 18.4 Å². The number of benzene rings is 1. The van der Waals surface area contributed by atoms with Crippen LogP contribution in [0, 0.1) is 9.49 Å². The topological polar surface area (TPSA) is 37.3 Å². The predicted octanol–water partition coefficient (Wildman–Crippen LogP) is 3.27. The summed E-state index contributed by atoms with van der Waals surface area (Å²) in [7, 11) is 0. The van der Waals surface area contributed by atoms with Gasteiger partial charge in [-0.1, -0.05) is 6.07 Å². The maximum Gasteiger partial charge on any atom is 0.250 e. The number of likely N-dealkylation sites (tertiary alicyclic amines) is 1. The van der Waals surface area contributed by atoms with Crippen molar-refractivity contribution in [1.82, 2.24) is 9.47 Å². The van der Waals surface area contributed by atoms with Gasteiger partial charge < -0.3 is 14.8 Å². The summed E-state index contributed by atoms with van der Waals surface area (Å²) in [5.74, 6) is 0.857. The number of nitrogens with zero attached hydrogens (tertiary/aromatic N) is 2. The van der Waals surface area contributed by atoms with Gasteiger partial charge >= 0.3 is 0 Å². The van der Waals surface area contributed by atoms with Gasteiger partial charge in [-0.15, -0.1) is 0 Å². The molecule has 2 aliphatic rings. The SMILES string of the molecule is O=c1cccc2n1C[C@@H]1C[C@H]2CN(C(=S)Nc2ccc(I)cc2)C1. The first-order valence-corrected chi connectivity index (χ1v) is 9.60. The minimum Gasteiger partial charge on any atom is -0.348 e. The third-order valence-electron chi connectivity index (χ3n) is 4.86. The Morgan fingerprint density at radius 1 is 1.12 bits per heavy atom. The van der Waals surface area contributed by atoms with Crippen LogP contribution in [-0.2, 0) is 6.54 Å². The number of nitrogens with one attached hydrogen (secondary N) is 1. The first kappa shape index (κ1) is 16.1. The van der Waals surface area contributed by atoms with Crippen LogP contribution >= 0.6 is 34.8 Å². The molecule has 0 amide bonds. The van der Waals surface area contributed by atoms with E-state index < -0.39 is 0 Å². The van der Waals surface area contributed by atoms with E-state index in [4.69, 9.17) is 12.2 Å². The minimum atomic E-state index is 0.121. The molecule has 2 aliphatic heterocycles. The maximum atomic E-state index is 12.1. The largest absolute Gasteiger partial charge is 0.348 e. The number of hydrogen-bond donors (Lipinski definition) is 1. The Hall–Kier alpha value is -1.41. The van der Waals surface area contributed by atoms with Gasteiger partial charge in [-0.3, -0.25) is 4.79 Å². The van der Waals surface area contributed by atoms with Gasteiger partial charge in [-0.2, -0.15) is 0 Å². The number of aromatic nitrogens is 1. The van der Waals surface area contributed by atoms with Crippen molar-refractivity contribution in [3.05, 3.63) is 62.1 Å². The van der Waals surface area contributed by atoms with E-state index in [2.05, 4.69) is 51.0 Å². The molecule has 2 aromatic rings. The first-order valence-electron chi connectivity index (χ1n) is 8.11. The first-order chi connectivity index (χ1) is 11.6. The molecule has 1 N–H and O–H groups in total. The molecule has 6 heteroatoms. The van der Waals surface area contributed by atoms with Crippen molar-refractivity contribution >= 4 is 45.6 Å². The van der Waals surface area contributed by atoms with Crippen LogP contribution in [-0.4, -0.2) is 27.7 Å². The molecule has 2 bridgehead atoms. The number of rotatable bonds is 1. The molecule has 0 radical (unpaired) electrons. The lowest BCUT2D eigenvalue weighted by Crippen LogP contribution is -2.50. The molecule has 1 fully saturated rings. The van der Waals surface area contributed by atoms with E-state index in [1.807, 2.05) is 22.8 Å². The summed E-state index contributed by atoms with van der Waals surface area (Å²) in [6.07, 6.45) is 1.14. The van der Waals surface area contributed by atoms with Crippen LogP contribution in [0.1, 0.15) is 18.0 Å². The molecule has 1 aromatic heterocycles. The van der Waals surface area contributed by atoms with Gasteiger partial charge in [0.25, 0.3) is 5.56 Å². The van der Waals surface area contributed by atoms with Crippen molar-refractivity contribution in [3.63, 3.8) is 0 Å². The molecule has 4 nitrogen and oxygen atoms in total. The Kier molecular flexibility index (Phi) is 4.34. The fraction of sp³-hybridized carbons (Fsp3) is 0.333. The summed E-state index contributed by atoms with van der Waals surface area (Å²) in [4.78, 5) is 14.3. The van der Waals surface area contributed by atoms with E-state index in [0.717, 1.165) is 42.5 Å². The standard InChI is InChI=1S/C18H18IN3OS/c19-14-4-6-15(7-5-14)20-18(24)21-9-12-8-13(11-21)16-2-1-3-17(23)22(16)10-12/h1-7,12-13H,8-11H2,(H,20,24)/t12-,13+/m1/s1. The van der Waals surface area contributed by atoms with E-state index in [1.54, 1.807) is 6.07 Å². The van der Waals surface area contributed by atoms with Crippen LogP contribution in [0.3, 0.4) is 0 Å². The van der Waals surface area contributed by atoms with Crippen LogP contribution < -0.4 is 10.9 Å². The Labute approximate surface area is 160 Å². The van der Waals surface area contributed by atoms with Crippen molar-refractivity contribution in [3.8, 4) is 0 Å². The highest BCUT2D eigenvalue weighted by molar-refractivity contribution is 14.1. The molecule has 1 aromatic carbocycles. The summed E-state index contributed by atoms with van der Waals surface area (Å²) >= 11 is 7.93. The van der Waals surface area contributed by atoms with E-state index in [1.165, 1.54) is 3.57 Å². The van der Waals surface area contributed by atoms with E-state index in [0.29, 0.717) is 11.8 Å². The molecule has 3 heterocycles. The predicted molar refractivity (Wildman–Crippen MR) is 109 cm³/mol. The monoisotopic (exact) mass is 451 g/mol. The normalized spacial score (nSPS) is 22.0. The summed E-state index contributed by atoms with van der Waals surface area (Å²) in [5.41, 5.74) is 2.29. The average Bonchev–Trinajstić information content (AvgIpc) is 2.58. The Balaban J connectivity index is 1.52. The number of piperidine rings is 1. The van der Waals surface area contributed by atoms with Crippen LogP contribution in [0.4, 0.5) is 5.69 Å². The zero-order chi connectivity index (χ0) is 16.7. The average molecular weight is 451 g/mol. The van der Waals surface area contributed by atoms with Crippen LogP contribution in [0.25, 0.3) is 0 Å². The quantitative estimate of drug-likeness (QED) is 0.534. The van der Waals surface area contributed by atoms with Gasteiger partial charge in [-0.25, -0.2) is 0 Å². The van der Waals surface area contributed by atoms with Crippen molar-refractivity contribution in [2.24, 2.45) is 5.92 Å². The lowest BCUT2D eigenvalue weighted by molar-refractivity contribution is 0.180. The highest BCUT2D eigenvalue weighted by Gasteiger charge is 2.35. The van der Waals surface area contributed by atoms with Gasteiger partial charge in [0, 0.05) is 46.6 Å². The summed E-state index contributed by atoms with van der Waals surface area (Å²) in [5, 5.41) is 4.12. The van der Waals surface area contributed by atoms with Gasteiger partial charge in [0.1, 0.15) is 0 Å². The molecular weight excluding hydrogens is 433 g/mol. The van der Waals surface area contributed by atoms with Gasteiger partial charge in [0.15, 0.2) is 5.11 Å². The summed E-state index contributed by atoms with van der Waals surface area (Å²) in [6, 6.07) is 13.8. The second kappa shape index (κ2) is 6.48. The molecule has 124 valence electrons. The van der Waals surface area contributed by atoms with E-state index in [-0.39, 0.29) is 5.56 Å². The number of anilines is 1. The van der Waals surface area contributed by atoms with Gasteiger partial charge in [-0.05, 0) is 77.5 Å². The van der Waals surface area contributed by atoms with Crippen molar-refractivity contribution < 1.29 is 0 Å². The molecule has 0 saturated carbocycles. The fourth-order valence-electron chi connectivity index (χ4n) is 3.80. The molecular formula is C18H18IN3OS. The summed E-state index contributed by atoms with van der Waals surface area (Å²) in [6.45, 7) is 2.58. The van der Waals surface area contributed by atoms with Crippen molar-refractivity contribution in [2.45, 2.75) is 18.9 Å². The van der Waals surface area contributed by atoms with Crippen molar-refractivity contribution in [1.29, 1.82) is 0 Å². The number of pyridine rings is 1. The Morgan fingerprint density at radius 3 is 2.71 bits per heavy atom. The lowest BCUT2D eigenvalue weighted by atomic mass is 9.83. The lowest BCUT2D eigenvalue weighted by Gasteiger charge is -2.43. The molecule has 0 spiro atoms. The molecule has 1 saturated heterocycles. The van der Waals surface area contributed by atoms with E-state index >= 15 is 0 Å². The second-order valence-corrected chi connectivity index (χ2v) is 8.17.